The van der Waals surface area contributed by atoms with E-state index in [0.29, 0.717) is 28.7 Å². The Bertz CT molecular complexity index is 1030. The third-order valence-electron chi connectivity index (χ3n) is 4.16. The lowest BCUT2D eigenvalue weighted by Crippen LogP contribution is -2.37. The van der Waals surface area contributed by atoms with Crippen molar-refractivity contribution in [2.75, 3.05) is 24.9 Å². The highest BCUT2D eigenvalue weighted by molar-refractivity contribution is 5.92. The van der Waals surface area contributed by atoms with Gasteiger partial charge in [-0.1, -0.05) is 0 Å². The standard InChI is InChI=1S/C20H25N5O4/c1-20(2,3)29-19(26)24(11-13-6-7-14(27-4)8-16(13)28-5)18-15-9-22-12-25(15)17(21)10-23-18/h6-10,12H,11,21H2,1-5H3. The van der Waals surface area contributed by atoms with Gasteiger partial charge in [-0.15, -0.1) is 0 Å². The van der Waals surface area contributed by atoms with Crippen LogP contribution in [-0.2, 0) is 11.3 Å². The van der Waals surface area contributed by atoms with Gasteiger partial charge in [0, 0.05) is 11.6 Å². The molecular formula is C20H25N5O4. The maximum absolute atomic E-state index is 13.1. The van der Waals surface area contributed by atoms with Crippen molar-refractivity contribution in [2.24, 2.45) is 0 Å². The summed E-state index contributed by atoms with van der Waals surface area (Å²) in [5.74, 6) is 2.02. The Hall–Kier alpha value is -3.49. The third kappa shape index (κ3) is 4.34. The summed E-state index contributed by atoms with van der Waals surface area (Å²) in [4.78, 5) is 23.0. The average molecular weight is 399 g/mol. The SMILES string of the molecule is COc1ccc(CN(C(=O)OC(C)(C)C)c2ncc(N)n3cncc23)c(OC)c1. The number of hydrogen-bond donors (Lipinski definition) is 1. The molecule has 0 unspecified atom stereocenters. The average Bonchev–Trinajstić information content (AvgIpc) is 3.16. The molecule has 0 saturated carbocycles. The number of fused-ring (bicyclic) bond motifs is 1. The zero-order valence-electron chi connectivity index (χ0n) is 17.2. The van der Waals surface area contributed by atoms with Crippen LogP contribution in [0.4, 0.5) is 16.4 Å². The first-order chi connectivity index (χ1) is 13.7. The van der Waals surface area contributed by atoms with E-state index < -0.39 is 11.7 Å². The minimum absolute atomic E-state index is 0.167. The van der Waals surface area contributed by atoms with Gasteiger partial charge in [-0.05, 0) is 32.9 Å². The Morgan fingerprint density at radius 1 is 1.21 bits per heavy atom. The van der Waals surface area contributed by atoms with Crippen molar-refractivity contribution in [1.82, 2.24) is 14.4 Å². The number of amides is 1. The summed E-state index contributed by atoms with van der Waals surface area (Å²) in [7, 11) is 3.14. The molecule has 9 heteroatoms. The summed E-state index contributed by atoms with van der Waals surface area (Å²) in [6.07, 6.45) is 4.10. The third-order valence-corrected chi connectivity index (χ3v) is 4.16. The number of anilines is 2. The zero-order valence-corrected chi connectivity index (χ0v) is 17.2. The summed E-state index contributed by atoms with van der Waals surface area (Å²) in [6, 6.07) is 5.39. The highest BCUT2D eigenvalue weighted by Crippen LogP contribution is 2.30. The van der Waals surface area contributed by atoms with Crippen LogP contribution in [0.3, 0.4) is 0 Å². The van der Waals surface area contributed by atoms with E-state index in [1.807, 2.05) is 26.8 Å². The number of benzene rings is 1. The molecule has 0 bridgehead atoms. The second-order valence-electron chi connectivity index (χ2n) is 7.40. The molecule has 29 heavy (non-hydrogen) atoms. The number of methoxy groups -OCH3 is 2. The number of nitrogens with two attached hydrogens (primary N) is 1. The fraction of sp³-hybridized carbons (Fsp3) is 0.350. The van der Waals surface area contributed by atoms with Crippen molar-refractivity contribution in [3.8, 4) is 11.5 Å². The van der Waals surface area contributed by atoms with Crippen LogP contribution < -0.4 is 20.1 Å². The number of hydrogen-bond acceptors (Lipinski definition) is 7. The maximum atomic E-state index is 13.1. The highest BCUT2D eigenvalue weighted by Gasteiger charge is 2.27. The fourth-order valence-corrected chi connectivity index (χ4v) is 2.83. The van der Waals surface area contributed by atoms with Gasteiger partial charge in [0.2, 0.25) is 0 Å². The monoisotopic (exact) mass is 399 g/mol. The van der Waals surface area contributed by atoms with E-state index in [1.165, 1.54) is 11.1 Å². The Labute approximate surface area is 169 Å². The first-order valence-electron chi connectivity index (χ1n) is 9.01. The number of carbonyl (C=O) groups excluding carboxylic acids is 1. The normalized spacial score (nSPS) is 11.3. The predicted octanol–water partition coefficient (Wildman–Crippen LogP) is 3.27. The van der Waals surface area contributed by atoms with Gasteiger partial charge in [-0.2, -0.15) is 0 Å². The first kappa shape index (κ1) is 20.2. The molecule has 9 nitrogen and oxygen atoms in total. The molecule has 3 aromatic rings. The van der Waals surface area contributed by atoms with Crippen molar-refractivity contribution in [2.45, 2.75) is 32.9 Å². The minimum atomic E-state index is -0.677. The molecule has 0 saturated heterocycles. The van der Waals surface area contributed by atoms with Crippen LogP contribution in [0.25, 0.3) is 5.52 Å². The van der Waals surface area contributed by atoms with E-state index in [-0.39, 0.29) is 6.54 Å². The largest absolute Gasteiger partial charge is 0.497 e. The van der Waals surface area contributed by atoms with Crippen LogP contribution in [0.5, 0.6) is 11.5 Å². The molecule has 1 aromatic carbocycles. The molecule has 2 aromatic heterocycles. The zero-order chi connectivity index (χ0) is 21.2. The summed E-state index contributed by atoms with van der Waals surface area (Å²) >= 11 is 0. The van der Waals surface area contributed by atoms with E-state index in [0.717, 1.165) is 5.56 Å². The molecule has 1 amide bonds. The molecule has 2 heterocycles. The molecule has 0 aliphatic heterocycles. The predicted molar refractivity (Wildman–Crippen MR) is 109 cm³/mol. The van der Waals surface area contributed by atoms with Crippen molar-refractivity contribution < 1.29 is 19.0 Å². The van der Waals surface area contributed by atoms with Crippen molar-refractivity contribution >= 4 is 23.2 Å². The van der Waals surface area contributed by atoms with E-state index in [4.69, 9.17) is 19.9 Å². The van der Waals surface area contributed by atoms with E-state index >= 15 is 0 Å². The second kappa shape index (κ2) is 7.86. The van der Waals surface area contributed by atoms with Crippen LogP contribution in [0, 0.1) is 0 Å². The molecule has 0 spiro atoms. The van der Waals surface area contributed by atoms with Crippen LogP contribution >= 0.6 is 0 Å². The number of nitrogen functional groups attached to an aromatic ring is 1. The van der Waals surface area contributed by atoms with Gasteiger partial charge in [0.15, 0.2) is 5.82 Å². The Morgan fingerprint density at radius 2 is 1.97 bits per heavy atom. The van der Waals surface area contributed by atoms with Gasteiger partial charge in [0.25, 0.3) is 0 Å². The molecule has 0 radical (unpaired) electrons. The summed E-state index contributed by atoms with van der Waals surface area (Å²) in [5, 5.41) is 0. The summed E-state index contributed by atoms with van der Waals surface area (Å²) in [5.41, 5.74) is 6.64. The number of carbonyl (C=O) groups is 1. The maximum Gasteiger partial charge on any atom is 0.416 e. The molecule has 0 atom stereocenters. The lowest BCUT2D eigenvalue weighted by atomic mass is 10.1. The van der Waals surface area contributed by atoms with Crippen LogP contribution in [0.15, 0.2) is 36.9 Å². The lowest BCUT2D eigenvalue weighted by molar-refractivity contribution is 0.0576. The van der Waals surface area contributed by atoms with E-state index in [2.05, 4.69) is 9.97 Å². The smallest absolute Gasteiger partial charge is 0.416 e. The van der Waals surface area contributed by atoms with E-state index in [9.17, 15) is 4.79 Å². The topological polar surface area (TPSA) is 104 Å². The van der Waals surface area contributed by atoms with Gasteiger partial charge >= 0.3 is 6.09 Å². The Balaban J connectivity index is 2.08. The number of aromatic nitrogens is 3. The quantitative estimate of drug-likeness (QED) is 0.702. The van der Waals surface area contributed by atoms with Gasteiger partial charge < -0.3 is 19.9 Å². The number of ether oxygens (including phenoxy) is 3. The van der Waals surface area contributed by atoms with Crippen molar-refractivity contribution in [3.63, 3.8) is 0 Å². The van der Waals surface area contributed by atoms with Crippen molar-refractivity contribution in [1.29, 1.82) is 0 Å². The summed E-state index contributed by atoms with van der Waals surface area (Å²) in [6.45, 7) is 5.59. The molecule has 0 fully saturated rings. The number of imidazole rings is 1. The minimum Gasteiger partial charge on any atom is -0.497 e. The van der Waals surface area contributed by atoms with Crippen molar-refractivity contribution in [3.05, 3.63) is 42.5 Å². The van der Waals surface area contributed by atoms with Crippen LogP contribution in [0.2, 0.25) is 0 Å². The Kier molecular flexibility index (Phi) is 5.49. The number of nitrogens with zero attached hydrogens (tertiary/aromatic N) is 4. The first-order valence-corrected chi connectivity index (χ1v) is 9.01. The van der Waals surface area contributed by atoms with Gasteiger partial charge in [0.05, 0.1) is 33.2 Å². The van der Waals surface area contributed by atoms with E-state index in [1.54, 1.807) is 43.3 Å². The van der Waals surface area contributed by atoms with Gasteiger partial charge in [-0.3, -0.25) is 9.30 Å². The van der Waals surface area contributed by atoms with Crippen LogP contribution in [0.1, 0.15) is 26.3 Å². The fourth-order valence-electron chi connectivity index (χ4n) is 2.83. The van der Waals surface area contributed by atoms with Gasteiger partial charge in [0.1, 0.15) is 34.8 Å². The van der Waals surface area contributed by atoms with Crippen LogP contribution in [-0.4, -0.2) is 40.3 Å². The molecule has 3 rings (SSSR count). The number of rotatable bonds is 5. The Morgan fingerprint density at radius 3 is 2.62 bits per heavy atom. The molecule has 0 aliphatic rings. The lowest BCUT2D eigenvalue weighted by Gasteiger charge is -2.27. The van der Waals surface area contributed by atoms with Gasteiger partial charge in [-0.25, -0.2) is 14.8 Å². The molecule has 154 valence electrons. The second-order valence-corrected chi connectivity index (χ2v) is 7.40. The molecular weight excluding hydrogens is 374 g/mol. The highest BCUT2D eigenvalue weighted by atomic mass is 16.6. The molecule has 2 N–H and O–H groups in total. The molecule has 0 aliphatic carbocycles. The summed E-state index contributed by atoms with van der Waals surface area (Å²) < 4.78 is 18.0.